The number of urea groups is 1. The molecule has 43 heavy (non-hydrogen) atoms. The second-order valence-corrected chi connectivity index (χ2v) is 10.2. The van der Waals surface area contributed by atoms with Gasteiger partial charge in [0.05, 0.1) is 19.2 Å². The number of benzene rings is 3. The summed E-state index contributed by atoms with van der Waals surface area (Å²) in [4.78, 5) is 27.5. The SMILES string of the molecule is COc1ccc(NC(=O)N(Cc2ccc(C(=O)Nc3nn[nH]n3)cc2)c2ccc(C3CCCCC3)cc2)cc1C(F)(F)F. The molecule has 0 aliphatic heterocycles. The number of anilines is 3. The van der Waals surface area contributed by atoms with Crippen LogP contribution in [0.4, 0.5) is 35.3 Å². The van der Waals surface area contributed by atoms with E-state index < -0.39 is 23.7 Å². The Hall–Kier alpha value is -4.94. The highest BCUT2D eigenvalue weighted by Gasteiger charge is 2.35. The Morgan fingerprint density at radius 2 is 1.70 bits per heavy atom. The first kappa shape index (κ1) is 29.5. The predicted octanol–water partition coefficient (Wildman–Crippen LogP) is 6.77. The lowest BCUT2D eigenvalue weighted by Crippen LogP contribution is -2.34. The molecule has 1 aliphatic carbocycles. The van der Waals surface area contributed by atoms with Gasteiger partial charge in [-0.15, -0.1) is 5.10 Å². The molecule has 1 heterocycles. The number of amides is 3. The van der Waals surface area contributed by atoms with Crippen molar-refractivity contribution in [2.45, 2.75) is 50.7 Å². The minimum Gasteiger partial charge on any atom is -0.496 e. The first-order valence-electron chi connectivity index (χ1n) is 13.8. The van der Waals surface area contributed by atoms with Gasteiger partial charge in [-0.2, -0.15) is 18.4 Å². The standard InChI is InChI=1S/C30H30F3N7O3/c1-43-26-16-13-23(17-25(26)30(31,32)33)34-29(42)40(24-14-11-21(12-15-24)20-5-3-2-4-6-20)18-19-7-9-22(10-8-19)27(41)35-28-36-38-39-37-28/h7-17,20H,2-6,18H2,1H3,(H,34,42)(H2,35,36,37,38,39,41). The molecule has 0 radical (unpaired) electrons. The lowest BCUT2D eigenvalue weighted by molar-refractivity contribution is -0.138. The minimum absolute atomic E-state index is 0.0285. The van der Waals surface area contributed by atoms with Crippen molar-refractivity contribution in [3.05, 3.63) is 89.0 Å². The maximum Gasteiger partial charge on any atom is 0.420 e. The molecule has 3 amide bonds. The molecule has 3 N–H and O–H groups in total. The van der Waals surface area contributed by atoms with Crippen molar-refractivity contribution in [2.24, 2.45) is 0 Å². The zero-order valence-corrected chi connectivity index (χ0v) is 23.3. The molecular formula is C30H30F3N7O3. The van der Waals surface area contributed by atoms with Crippen LogP contribution in [0.3, 0.4) is 0 Å². The van der Waals surface area contributed by atoms with Crippen LogP contribution in [0.1, 0.15) is 65.1 Å². The Labute approximate surface area is 245 Å². The number of tetrazole rings is 1. The van der Waals surface area contributed by atoms with Gasteiger partial charge in [-0.05, 0) is 77.6 Å². The Kier molecular flexibility index (Phi) is 8.88. The summed E-state index contributed by atoms with van der Waals surface area (Å²) >= 11 is 0. The van der Waals surface area contributed by atoms with E-state index in [4.69, 9.17) is 4.74 Å². The van der Waals surface area contributed by atoms with Gasteiger partial charge in [0.15, 0.2) is 0 Å². The van der Waals surface area contributed by atoms with Crippen LogP contribution in [0.5, 0.6) is 5.75 Å². The Morgan fingerprint density at radius 1 is 0.977 bits per heavy atom. The highest BCUT2D eigenvalue weighted by atomic mass is 19.4. The van der Waals surface area contributed by atoms with E-state index in [1.807, 2.05) is 24.3 Å². The van der Waals surface area contributed by atoms with Crippen LogP contribution in [-0.4, -0.2) is 39.7 Å². The van der Waals surface area contributed by atoms with Crippen LogP contribution in [-0.2, 0) is 12.7 Å². The van der Waals surface area contributed by atoms with E-state index in [0.29, 0.717) is 22.7 Å². The predicted molar refractivity (Wildman–Crippen MR) is 154 cm³/mol. The summed E-state index contributed by atoms with van der Waals surface area (Å²) < 4.78 is 45.7. The fourth-order valence-electron chi connectivity index (χ4n) is 5.17. The number of halogens is 3. The van der Waals surface area contributed by atoms with Crippen LogP contribution < -0.4 is 20.3 Å². The molecule has 13 heteroatoms. The average molecular weight is 594 g/mol. The third-order valence-corrected chi connectivity index (χ3v) is 7.41. The normalized spacial score (nSPS) is 13.8. The summed E-state index contributed by atoms with van der Waals surface area (Å²) in [5.74, 6) is -0.290. The van der Waals surface area contributed by atoms with E-state index in [0.717, 1.165) is 26.0 Å². The quantitative estimate of drug-likeness (QED) is 0.207. The number of carbonyl (C=O) groups excluding carboxylic acids is 2. The Balaban J connectivity index is 1.38. The van der Waals surface area contributed by atoms with Crippen molar-refractivity contribution in [3.8, 4) is 5.75 Å². The average Bonchev–Trinajstić information content (AvgIpc) is 3.53. The zero-order chi connectivity index (χ0) is 30.4. The molecule has 0 bridgehead atoms. The molecule has 1 fully saturated rings. The molecule has 0 atom stereocenters. The van der Waals surface area contributed by atoms with Crippen molar-refractivity contribution in [3.63, 3.8) is 0 Å². The molecule has 5 rings (SSSR count). The number of alkyl halides is 3. The van der Waals surface area contributed by atoms with Crippen LogP contribution in [0, 0.1) is 0 Å². The first-order valence-corrected chi connectivity index (χ1v) is 13.8. The molecule has 4 aromatic rings. The summed E-state index contributed by atoms with van der Waals surface area (Å²) in [5.41, 5.74) is 1.76. The number of nitrogens with zero attached hydrogens (tertiary/aromatic N) is 4. The molecule has 1 aromatic heterocycles. The van der Waals surface area contributed by atoms with Gasteiger partial charge in [0, 0.05) is 16.9 Å². The number of hydrogen-bond acceptors (Lipinski definition) is 6. The molecule has 224 valence electrons. The van der Waals surface area contributed by atoms with Gasteiger partial charge in [-0.25, -0.2) is 4.79 Å². The van der Waals surface area contributed by atoms with Gasteiger partial charge in [0.25, 0.3) is 11.9 Å². The number of methoxy groups -OCH3 is 1. The van der Waals surface area contributed by atoms with Gasteiger partial charge in [0.2, 0.25) is 0 Å². The fourth-order valence-corrected chi connectivity index (χ4v) is 5.17. The lowest BCUT2D eigenvalue weighted by atomic mass is 9.84. The summed E-state index contributed by atoms with van der Waals surface area (Å²) in [5, 5.41) is 18.1. The fraction of sp³-hybridized carbons (Fsp3) is 0.300. The molecule has 1 aliphatic rings. The third kappa shape index (κ3) is 7.29. The molecular weight excluding hydrogens is 563 g/mol. The monoisotopic (exact) mass is 593 g/mol. The van der Waals surface area contributed by atoms with Crippen molar-refractivity contribution in [1.29, 1.82) is 0 Å². The van der Waals surface area contributed by atoms with Gasteiger partial charge in [-0.3, -0.25) is 15.0 Å². The van der Waals surface area contributed by atoms with Gasteiger partial charge >= 0.3 is 12.2 Å². The molecule has 0 saturated heterocycles. The summed E-state index contributed by atoms with van der Waals surface area (Å²) in [6.07, 6.45) is 1.18. The summed E-state index contributed by atoms with van der Waals surface area (Å²) in [6.45, 7) is 0.0869. The van der Waals surface area contributed by atoms with Gasteiger partial charge < -0.3 is 10.1 Å². The molecule has 1 saturated carbocycles. The topological polar surface area (TPSA) is 125 Å². The number of nitrogens with one attached hydrogen (secondary N) is 3. The van der Waals surface area contributed by atoms with Crippen LogP contribution in [0.2, 0.25) is 0 Å². The second kappa shape index (κ2) is 12.9. The van der Waals surface area contributed by atoms with E-state index in [9.17, 15) is 22.8 Å². The van der Waals surface area contributed by atoms with Gasteiger partial charge in [-0.1, -0.05) is 48.6 Å². The van der Waals surface area contributed by atoms with Crippen LogP contribution >= 0.6 is 0 Å². The number of carbonyl (C=O) groups is 2. The van der Waals surface area contributed by atoms with E-state index in [1.54, 1.807) is 24.3 Å². The smallest absolute Gasteiger partial charge is 0.420 e. The number of aromatic nitrogens is 4. The van der Waals surface area contributed by atoms with Gasteiger partial charge in [0.1, 0.15) is 5.75 Å². The molecule has 0 spiro atoms. The molecule has 0 unspecified atom stereocenters. The maximum absolute atomic E-state index is 13.6. The number of aromatic amines is 1. The van der Waals surface area contributed by atoms with Crippen molar-refractivity contribution in [2.75, 3.05) is 22.6 Å². The van der Waals surface area contributed by atoms with E-state index in [2.05, 4.69) is 31.3 Å². The number of hydrogen-bond donors (Lipinski definition) is 3. The third-order valence-electron chi connectivity index (χ3n) is 7.41. The van der Waals surface area contributed by atoms with E-state index in [-0.39, 0.29) is 23.9 Å². The van der Waals surface area contributed by atoms with Crippen LogP contribution in [0.15, 0.2) is 66.7 Å². The highest BCUT2D eigenvalue weighted by Crippen LogP contribution is 2.38. The number of H-pyrrole nitrogens is 1. The molecule has 10 nitrogen and oxygen atoms in total. The lowest BCUT2D eigenvalue weighted by Gasteiger charge is -2.26. The minimum atomic E-state index is -4.67. The first-order chi connectivity index (χ1) is 20.7. The zero-order valence-electron chi connectivity index (χ0n) is 23.3. The Morgan fingerprint density at radius 3 is 2.33 bits per heavy atom. The Bertz CT molecular complexity index is 1540. The van der Waals surface area contributed by atoms with Crippen molar-refractivity contribution < 1.29 is 27.5 Å². The summed E-state index contributed by atoms with van der Waals surface area (Å²) in [7, 11) is 1.15. The molecule has 3 aromatic carbocycles. The number of rotatable bonds is 8. The van der Waals surface area contributed by atoms with Crippen molar-refractivity contribution >= 4 is 29.3 Å². The number of ether oxygens (including phenoxy) is 1. The van der Waals surface area contributed by atoms with E-state index >= 15 is 0 Å². The largest absolute Gasteiger partial charge is 0.496 e. The highest BCUT2D eigenvalue weighted by molar-refractivity contribution is 6.03. The summed E-state index contributed by atoms with van der Waals surface area (Å²) in [6, 6.07) is 17.0. The van der Waals surface area contributed by atoms with Crippen LogP contribution in [0.25, 0.3) is 0 Å². The van der Waals surface area contributed by atoms with Crippen molar-refractivity contribution in [1.82, 2.24) is 20.6 Å². The second-order valence-electron chi connectivity index (χ2n) is 10.2. The van der Waals surface area contributed by atoms with E-state index in [1.165, 1.54) is 41.9 Å². The maximum atomic E-state index is 13.6.